The molecule has 1 atom stereocenters. The van der Waals surface area contributed by atoms with Crippen molar-refractivity contribution in [2.45, 2.75) is 49.7 Å². The van der Waals surface area contributed by atoms with E-state index in [9.17, 15) is 17.7 Å². The molecule has 0 aliphatic carbocycles. The molecule has 0 aromatic heterocycles. The largest absolute Gasteiger partial charge is 0.694 e. The molecule has 33 heavy (non-hydrogen) atoms. The highest BCUT2D eigenvalue weighted by molar-refractivity contribution is 7.99. The molecule has 0 heterocycles. The van der Waals surface area contributed by atoms with Gasteiger partial charge in [-0.2, -0.15) is 13.2 Å². The Morgan fingerprint density at radius 3 is 2.42 bits per heavy atom. The van der Waals surface area contributed by atoms with Crippen molar-refractivity contribution in [3.8, 4) is 5.75 Å². The second-order valence-electron chi connectivity index (χ2n) is 7.44. The Kier molecular flexibility index (Phi) is 12.2. The van der Waals surface area contributed by atoms with Crippen molar-refractivity contribution in [3.05, 3.63) is 59.2 Å². The van der Waals surface area contributed by atoms with E-state index in [2.05, 4.69) is 9.84 Å². The van der Waals surface area contributed by atoms with Crippen LogP contribution in [-0.2, 0) is 28.2 Å². The number of benzene rings is 2. The lowest BCUT2D eigenvalue weighted by Crippen LogP contribution is -2.17. The number of hydrogen-bond acceptors (Lipinski definition) is 5. The first-order valence-corrected chi connectivity index (χ1v) is 12.9. The van der Waals surface area contributed by atoms with Crippen LogP contribution in [0.5, 0.6) is 5.75 Å². The summed E-state index contributed by atoms with van der Waals surface area (Å²) in [7, 11) is -0.987. The van der Waals surface area contributed by atoms with Crippen LogP contribution in [0.4, 0.5) is 13.2 Å². The second kappa shape index (κ2) is 14.6. The molecule has 2 rings (SSSR count). The molecule has 0 spiro atoms. The normalized spacial score (nSPS) is 12.1. The Bertz CT molecular complexity index is 866. The number of aryl methyl sites for hydroxylation is 1. The van der Waals surface area contributed by atoms with Gasteiger partial charge in [-0.05, 0) is 73.4 Å². The summed E-state index contributed by atoms with van der Waals surface area (Å²) in [5.41, 5.74) is 1.16. The second-order valence-corrected chi connectivity index (χ2v) is 9.31. The molecule has 2 aromatic rings. The van der Waals surface area contributed by atoms with Gasteiger partial charge >= 0.3 is 14.4 Å². The molecule has 0 fully saturated rings. The molecule has 10 heteroatoms. The Morgan fingerprint density at radius 2 is 1.76 bits per heavy atom. The zero-order valence-corrected chi connectivity index (χ0v) is 20.3. The molecule has 5 nitrogen and oxygen atoms in total. The van der Waals surface area contributed by atoms with Crippen LogP contribution in [0.2, 0.25) is 0 Å². The minimum absolute atomic E-state index is 0.113. The zero-order chi connectivity index (χ0) is 24.1. The van der Waals surface area contributed by atoms with Crippen molar-refractivity contribution in [1.82, 2.24) is 5.32 Å². The topological polar surface area (TPSA) is 67.8 Å². The average molecular weight is 505 g/mol. The van der Waals surface area contributed by atoms with Crippen LogP contribution in [0.25, 0.3) is 0 Å². The van der Waals surface area contributed by atoms with Gasteiger partial charge in [0, 0.05) is 16.0 Å². The Morgan fingerprint density at radius 1 is 1.03 bits per heavy atom. The number of alkyl halides is 3. The van der Waals surface area contributed by atoms with Gasteiger partial charge in [0.2, 0.25) is 0 Å². The molecule has 0 bridgehead atoms. The Balaban J connectivity index is 1.75. The quantitative estimate of drug-likeness (QED) is 0.167. The van der Waals surface area contributed by atoms with Gasteiger partial charge in [-0.3, -0.25) is 0 Å². The molecule has 182 valence electrons. The lowest BCUT2D eigenvalue weighted by Gasteiger charge is -2.15. The predicted octanol–water partition coefficient (Wildman–Crippen LogP) is 6.37. The fourth-order valence-electron chi connectivity index (χ4n) is 3.19. The van der Waals surface area contributed by atoms with Gasteiger partial charge in [0.15, 0.2) is 0 Å². The van der Waals surface area contributed by atoms with Gasteiger partial charge in [0.05, 0.1) is 12.7 Å². The van der Waals surface area contributed by atoms with E-state index in [0.29, 0.717) is 24.3 Å². The van der Waals surface area contributed by atoms with Crippen LogP contribution >= 0.6 is 20.0 Å². The van der Waals surface area contributed by atoms with Crippen molar-refractivity contribution < 1.29 is 31.9 Å². The van der Waals surface area contributed by atoms with Crippen LogP contribution in [0, 0.1) is 0 Å². The summed E-state index contributed by atoms with van der Waals surface area (Å²) in [6, 6.07) is 12.4. The van der Waals surface area contributed by atoms with Crippen molar-refractivity contribution in [1.29, 1.82) is 0 Å². The molecule has 0 radical (unpaired) electrons. The lowest BCUT2D eigenvalue weighted by atomic mass is 10.1. The van der Waals surface area contributed by atoms with Gasteiger partial charge in [-0.15, -0.1) is 21.2 Å². The third-order valence-corrected chi connectivity index (χ3v) is 6.47. The van der Waals surface area contributed by atoms with Gasteiger partial charge < -0.3 is 10.1 Å². The fourth-order valence-corrected chi connectivity index (χ4v) is 4.54. The van der Waals surface area contributed by atoms with Crippen LogP contribution in [0.1, 0.15) is 42.4 Å². The summed E-state index contributed by atoms with van der Waals surface area (Å²) in [6.07, 6.45) is -0.190. The molecule has 1 unspecified atom stereocenters. The summed E-state index contributed by atoms with van der Waals surface area (Å²) in [5.74, 6) is 1.46. The van der Waals surface area contributed by atoms with E-state index < -0.39 is 20.0 Å². The minimum atomic E-state index is -4.41. The van der Waals surface area contributed by atoms with Crippen molar-refractivity contribution >= 4 is 20.0 Å². The molecule has 0 aliphatic rings. The van der Waals surface area contributed by atoms with E-state index >= 15 is 0 Å². The molecule has 2 N–H and O–H groups in total. The highest BCUT2D eigenvalue weighted by Crippen LogP contribution is 2.37. The van der Waals surface area contributed by atoms with Gasteiger partial charge in [-0.1, -0.05) is 24.6 Å². The molecule has 0 aliphatic heterocycles. The molecule has 2 aromatic carbocycles. The van der Waals surface area contributed by atoms with E-state index in [4.69, 9.17) is 9.63 Å². The number of methoxy groups -OCH3 is 1. The zero-order valence-electron chi connectivity index (χ0n) is 18.6. The number of ether oxygens (including phenoxy) is 1. The molecule has 0 saturated carbocycles. The maximum absolute atomic E-state index is 13.6. The summed E-state index contributed by atoms with van der Waals surface area (Å²) in [6.45, 7) is 0.865. The van der Waals surface area contributed by atoms with Gasteiger partial charge in [0.25, 0.3) is 0 Å². The lowest BCUT2D eigenvalue weighted by molar-refractivity contribution is -0.139. The molecule has 0 amide bonds. The first kappa shape index (κ1) is 27.6. The standard InChI is InChI=1S/C23H29F3NO4PS/c1-30-20-10-7-18(8-11-20)6-3-2-4-15-33-22-12-9-19(16-21(22)23(24,25)26)17-27-13-5-14-31-32(28)29/h7-12,16,27H,2-6,13-15,17H2,1H3/p+1. The molecule has 0 saturated heterocycles. The van der Waals surface area contributed by atoms with E-state index in [1.807, 2.05) is 24.3 Å². The van der Waals surface area contributed by atoms with Crippen molar-refractivity contribution in [3.63, 3.8) is 0 Å². The van der Waals surface area contributed by atoms with Crippen LogP contribution in [0.3, 0.4) is 0 Å². The van der Waals surface area contributed by atoms with Crippen LogP contribution < -0.4 is 10.1 Å². The first-order valence-electron chi connectivity index (χ1n) is 10.7. The minimum Gasteiger partial charge on any atom is -0.497 e. The van der Waals surface area contributed by atoms with Gasteiger partial charge in [-0.25, -0.2) is 0 Å². The smallest absolute Gasteiger partial charge is 0.497 e. The van der Waals surface area contributed by atoms with Crippen molar-refractivity contribution in [2.75, 3.05) is 26.0 Å². The summed E-state index contributed by atoms with van der Waals surface area (Å²) in [4.78, 5) is 8.79. The van der Waals surface area contributed by atoms with Gasteiger partial charge in [0.1, 0.15) is 12.4 Å². The molecular formula is C23H30F3NO4PS+. The summed E-state index contributed by atoms with van der Waals surface area (Å²) < 4.78 is 60.8. The third kappa shape index (κ3) is 10.9. The maximum Gasteiger partial charge on any atom is 0.694 e. The highest BCUT2D eigenvalue weighted by atomic mass is 32.2. The summed E-state index contributed by atoms with van der Waals surface area (Å²) in [5, 5.41) is 3.02. The molecular weight excluding hydrogens is 474 g/mol. The Labute approximate surface area is 198 Å². The van der Waals surface area contributed by atoms with Crippen LogP contribution in [-0.4, -0.2) is 30.9 Å². The van der Waals surface area contributed by atoms with E-state index in [-0.39, 0.29) is 18.0 Å². The fraction of sp³-hybridized carbons (Fsp3) is 0.478. The number of nitrogens with one attached hydrogen (secondary N) is 1. The number of hydrogen-bond donors (Lipinski definition) is 2. The van der Waals surface area contributed by atoms with E-state index in [1.54, 1.807) is 19.2 Å². The van der Waals surface area contributed by atoms with Crippen LogP contribution in [0.15, 0.2) is 47.4 Å². The van der Waals surface area contributed by atoms with Crippen molar-refractivity contribution in [2.24, 2.45) is 0 Å². The maximum atomic E-state index is 13.6. The average Bonchev–Trinajstić information content (AvgIpc) is 2.78. The number of halogens is 3. The summed E-state index contributed by atoms with van der Waals surface area (Å²) >= 11 is 1.25. The predicted molar refractivity (Wildman–Crippen MR) is 125 cm³/mol. The SMILES string of the molecule is COc1ccc(CCCCCSc2ccc(CNCCCO[P+](=O)O)cc2C(F)(F)F)cc1. The third-order valence-electron chi connectivity index (χ3n) is 4.90. The monoisotopic (exact) mass is 504 g/mol. The highest BCUT2D eigenvalue weighted by Gasteiger charge is 2.33. The Hall–Kier alpha value is -1.64. The number of unbranched alkanes of at least 4 members (excludes halogenated alkanes) is 2. The first-order chi connectivity index (χ1) is 15.8. The van der Waals surface area contributed by atoms with E-state index in [0.717, 1.165) is 31.4 Å². The number of thioether (sulfide) groups is 1. The number of rotatable bonds is 15. The van der Waals surface area contributed by atoms with E-state index in [1.165, 1.54) is 23.4 Å².